The summed E-state index contributed by atoms with van der Waals surface area (Å²) in [6, 6.07) is 8.15. The van der Waals surface area contributed by atoms with Crippen molar-refractivity contribution in [2.75, 3.05) is 0 Å². The molecule has 1 nitrogen and oxygen atoms in total. The first kappa shape index (κ1) is 14.2. The fourth-order valence-corrected chi connectivity index (χ4v) is 2.24. The molecule has 2 aromatic rings. The molecule has 0 amide bonds. The lowest BCUT2D eigenvalue weighted by atomic mass is 10.0. The Morgan fingerprint density at radius 3 is 2.63 bits per heavy atom. The van der Waals surface area contributed by atoms with Gasteiger partial charge in [0.1, 0.15) is 11.6 Å². The molecule has 0 heterocycles. The van der Waals surface area contributed by atoms with Gasteiger partial charge in [-0.2, -0.15) is 0 Å². The van der Waals surface area contributed by atoms with Crippen LogP contribution in [0.15, 0.2) is 40.9 Å². The van der Waals surface area contributed by atoms with E-state index in [4.69, 9.17) is 11.6 Å². The van der Waals surface area contributed by atoms with Gasteiger partial charge in [-0.15, -0.1) is 0 Å². The molecule has 0 unspecified atom stereocenters. The van der Waals surface area contributed by atoms with Gasteiger partial charge in [-0.05, 0) is 45.8 Å². The predicted molar refractivity (Wildman–Crippen MR) is 73.5 cm³/mol. The molecule has 0 atom stereocenters. The lowest BCUT2D eigenvalue weighted by Crippen LogP contribution is -2.07. The number of rotatable bonds is 3. The second kappa shape index (κ2) is 5.80. The van der Waals surface area contributed by atoms with Crippen molar-refractivity contribution in [1.29, 1.82) is 0 Å². The first-order valence-corrected chi connectivity index (χ1v) is 6.57. The number of ketones is 1. The fraction of sp³-hybridized carbons (Fsp3) is 0.0714. The number of hydrogen-bond acceptors (Lipinski definition) is 1. The van der Waals surface area contributed by atoms with Crippen LogP contribution in [0.25, 0.3) is 0 Å². The van der Waals surface area contributed by atoms with Crippen LogP contribution in [0.3, 0.4) is 0 Å². The lowest BCUT2D eigenvalue weighted by molar-refractivity contribution is 0.0989. The van der Waals surface area contributed by atoms with E-state index < -0.39 is 17.4 Å². The number of hydrogen-bond donors (Lipinski definition) is 0. The number of carbonyl (C=O) groups is 1. The molecule has 0 fully saturated rings. The second-order valence-electron chi connectivity index (χ2n) is 3.94. The van der Waals surface area contributed by atoms with Crippen molar-refractivity contribution in [3.8, 4) is 0 Å². The van der Waals surface area contributed by atoms with Crippen LogP contribution in [0.2, 0.25) is 5.02 Å². The molecule has 0 aliphatic heterocycles. The smallest absolute Gasteiger partial charge is 0.170 e. The molecule has 0 aromatic heterocycles. The van der Waals surface area contributed by atoms with E-state index in [1.54, 1.807) is 6.07 Å². The minimum absolute atomic E-state index is 0.0938. The van der Waals surface area contributed by atoms with E-state index in [0.29, 0.717) is 5.56 Å². The first-order valence-electron chi connectivity index (χ1n) is 5.40. The Morgan fingerprint density at radius 1 is 1.16 bits per heavy atom. The molecule has 0 saturated carbocycles. The van der Waals surface area contributed by atoms with E-state index >= 15 is 0 Å². The summed E-state index contributed by atoms with van der Waals surface area (Å²) in [6.45, 7) is 0. The van der Waals surface area contributed by atoms with Crippen LogP contribution >= 0.6 is 27.5 Å². The third-order valence-corrected chi connectivity index (χ3v) is 3.73. The normalized spacial score (nSPS) is 10.5. The van der Waals surface area contributed by atoms with Gasteiger partial charge in [-0.1, -0.05) is 23.7 Å². The lowest BCUT2D eigenvalue weighted by Gasteiger charge is -2.06. The van der Waals surface area contributed by atoms with Crippen LogP contribution in [0.5, 0.6) is 0 Å². The summed E-state index contributed by atoms with van der Waals surface area (Å²) in [4.78, 5) is 12.0. The maximum atomic E-state index is 13.5. The summed E-state index contributed by atoms with van der Waals surface area (Å²) in [5, 5.41) is 0.281. The van der Waals surface area contributed by atoms with Gasteiger partial charge in [0.15, 0.2) is 5.78 Å². The van der Waals surface area contributed by atoms with Crippen molar-refractivity contribution < 1.29 is 13.6 Å². The molecule has 0 aliphatic carbocycles. The Balaban J connectivity index is 2.31. The van der Waals surface area contributed by atoms with Gasteiger partial charge in [0.2, 0.25) is 0 Å². The van der Waals surface area contributed by atoms with Crippen LogP contribution in [-0.2, 0) is 6.42 Å². The third-order valence-electron chi connectivity index (χ3n) is 2.61. The van der Waals surface area contributed by atoms with Gasteiger partial charge in [0, 0.05) is 11.4 Å². The Morgan fingerprint density at radius 2 is 1.89 bits per heavy atom. The van der Waals surface area contributed by atoms with E-state index in [1.807, 2.05) is 0 Å². The van der Waals surface area contributed by atoms with Crippen LogP contribution in [0, 0.1) is 11.6 Å². The zero-order chi connectivity index (χ0) is 14.0. The molecular formula is C14H8BrClF2O. The van der Waals surface area contributed by atoms with E-state index in [9.17, 15) is 13.6 Å². The number of carbonyl (C=O) groups excluding carboxylic acids is 1. The van der Waals surface area contributed by atoms with Gasteiger partial charge < -0.3 is 0 Å². The molecule has 0 spiro atoms. The molecule has 0 N–H and O–H groups in total. The molecule has 19 heavy (non-hydrogen) atoms. The minimum atomic E-state index is -0.637. The van der Waals surface area contributed by atoms with Crippen LogP contribution < -0.4 is 0 Å². The largest absolute Gasteiger partial charge is 0.294 e. The zero-order valence-corrected chi connectivity index (χ0v) is 11.9. The van der Waals surface area contributed by atoms with E-state index in [-0.39, 0.29) is 21.5 Å². The van der Waals surface area contributed by atoms with Crippen LogP contribution in [0.1, 0.15) is 15.9 Å². The van der Waals surface area contributed by atoms with Gasteiger partial charge in [0.05, 0.1) is 10.0 Å². The summed E-state index contributed by atoms with van der Waals surface area (Å²) < 4.78 is 27.1. The van der Waals surface area contributed by atoms with Gasteiger partial charge >= 0.3 is 0 Å². The fourth-order valence-electron chi connectivity index (χ4n) is 1.66. The quantitative estimate of drug-likeness (QED) is 0.730. The highest BCUT2D eigenvalue weighted by Crippen LogP contribution is 2.23. The summed E-state index contributed by atoms with van der Waals surface area (Å²) in [5.74, 6) is -1.55. The summed E-state index contributed by atoms with van der Waals surface area (Å²) in [7, 11) is 0. The number of halogens is 4. The van der Waals surface area contributed by atoms with Crippen LogP contribution in [0.4, 0.5) is 8.78 Å². The van der Waals surface area contributed by atoms with E-state index in [2.05, 4.69) is 15.9 Å². The SMILES string of the molecule is O=C(Cc1cccc(F)c1Br)c1cc(Cl)ccc1F. The third kappa shape index (κ3) is 3.19. The highest BCUT2D eigenvalue weighted by molar-refractivity contribution is 9.10. The van der Waals surface area contributed by atoms with Crippen molar-refractivity contribution in [2.45, 2.75) is 6.42 Å². The Kier molecular flexibility index (Phi) is 4.32. The average Bonchev–Trinajstić information content (AvgIpc) is 2.38. The summed E-state index contributed by atoms with van der Waals surface area (Å²) in [6.07, 6.45) is -0.102. The van der Waals surface area contributed by atoms with Crippen molar-refractivity contribution in [3.05, 3.63) is 68.7 Å². The summed E-state index contributed by atoms with van der Waals surface area (Å²) >= 11 is 8.80. The van der Waals surface area contributed by atoms with Gasteiger partial charge in [0.25, 0.3) is 0 Å². The van der Waals surface area contributed by atoms with Gasteiger partial charge in [-0.3, -0.25) is 4.79 Å². The molecule has 2 rings (SSSR count). The zero-order valence-electron chi connectivity index (χ0n) is 9.59. The van der Waals surface area contributed by atoms with Gasteiger partial charge in [-0.25, -0.2) is 8.78 Å². The highest BCUT2D eigenvalue weighted by atomic mass is 79.9. The molecule has 2 aromatic carbocycles. The van der Waals surface area contributed by atoms with Crippen molar-refractivity contribution >= 4 is 33.3 Å². The molecule has 98 valence electrons. The molecule has 0 aliphatic rings. The maximum absolute atomic E-state index is 13.5. The predicted octanol–water partition coefficient (Wildman–Crippen LogP) is 4.81. The number of benzene rings is 2. The highest BCUT2D eigenvalue weighted by Gasteiger charge is 2.15. The summed E-state index contributed by atoms with van der Waals surface area (Å²) in [5.41, 5.74) is 0.369. The maximum Gasteiger partial charge on any atom is 0.170 e. The monoisotopic (exact) mass is 344 g/mol. The molecular weight excluding hydrogens is 338 g/mol. The van der Waals surface area contributed by atoms with E-state index in [1.165, 1.54) is 24.3 Å². The Labute approximate surface area is 122 Å². The van der Waals surface area contributed by atoms with Crippen LogP contribution in [-0.4, -0.2) is 5.78 Å². The second-order valence-corrected chi connectivity index (χ2v) is 5.17. The van der Waals surface area contributed by atoms with E-state index in [0.717, 1.165) is 6.07 Å². The molecule has 0 bridgehead atoms. The Bertz CT molecular complexity index is 643. The standard InChI is InChI=1S/C14H8BrClF2O/c15-14-8(2-1-3-12(14)18)6-13(19)10-7-9(16)4-5-11(10)17/h1-5,7H,6H2. The first-order chi connectivity index (χ1) is 8.99. The molecule has 0 radical (unpaired) electrons. The Hall–Kier alpha value is -1.26. The topological polar surface area (TPSA) is 17.1 Å². The van der Waals surface area contributed by atoms with Crippen molar-refractivity contribution in [1.82, 2.24) is 0 Å². The van der Waals surface area contributed by atoms with Crippen molar-refractivity contribution in [3.63, 3.8) is 0 Å². The molecule has 0 saturated heterocycles. The average molecular weight is 346 g/mol. The molecule has 5 heteroatoms. The minimum Gasteiger partial charge on any atom is -0.294 e. The van der Waals surface area contributed by atoms with Crippen molar-refractivity contribution in [2.24, 2.45) is 0 Å². The number of Topliss-reactive ketones (excluding diaryl/α,β-unsaturated/α-hetero) is 1.